The van der Waals surface area contributed by atoms with Gasteiger partial charge in [0.05, 0.1) is 6.26 Å². The Bertz CT molecular complexity index is 611. The average molecular weight is 315 g/mol. The molecule has 1 aromatic carbocycles. The SMILES string of the molecule is CNCCNC(=O)C(Cc1ccccc1)NC(=O)c1ccco1. The van der Waals surface area contributed by atoms with E-state index in [0.29, 0.717) is 19.5 Å². The monoisotopic (exact) mass is 315 g/mol. The van der Waals surface area contributed by atoms with Gasteiger partial charge in [0.2, 0.25) is 5.91 Å². The van der Waals surface area contributed by atoms with Crippen molar-refractivity contribution in [2.24, 2.45) is 0 Å². The lowest BCUT2D eigenvalue weighted by Crippen LogP contribution is -2.49. The second-order valence-electron chi connectivity index (χ2n) is 5.09. The summed E-state index contributed by atoms with van der Waals surface area (Å²) in [6, 6.07) is 12.1. The summed E-state index contributed by atoms with van der Waals surface area (Å²) in [5.74, 6) is -0.435. The molecule has 122 valence electrons. The normalized spacial score (nSPS) is 11.7. The summed E-state index contributed by atoms with van der Waals surface area (Å²) in [7, 11) is 1.81. The zero-order valence-electron chi connectivity index (χ0n) is 13.0. The van der Waals surface area contributed by atoms with Crippen LogP contribution in [0.4, 0.5) is 0 Å². The number of likely N-dealkylation sites (N-methyl/N-ethyl adjacent to an activating group) is 1. The summed E-state index contributed by atoms with van der Waals surface area (Å²) < 4.78 is 5.07. The highest BCUT2D eigenvalue weighted by molar-refractivity contribution is 5.95. The van der Waals surface area contributed by atoms with Crippen LogP contribution in [0.25, 0.3) is 0 Å². The van der Waals surface area contributed by atoms with E-state index in [4.69, 9.17) is 4.42 Å². The van der Waals surface area contributed by atoms with Gasteiger partial charge in [-0.1, -0.05) is 30.3 Å². The molecule has 3 N–H and O–H groups in total. The molecule has 0 aliphatic carbocycles. The van der Waals surface area contributed by atoms with Crippen molar-refractivity contribution in [1.82, 2.24) is 16.0 Å². The van der Waals surface area contributed by atoms with Crippen LogP contribution < -0.4 is 16.0 Å². The molecule has 1 aromatic heterocycles. The van der Waals surface area contributed by atoms with Gasteiger partial charge in [-0.2, -0.15) is 0 Å². The molecule has 2 amide bonds. The minimum Gasteiger partial charge on any atom is -0.459 e. The molecule has 2 rings (SSSR count). The van der Waals surface area contributed by atoms with Gasteiger partial charge in [-0.25, -0.2) is 0 Å². The maximum Gasteiger partial charge on any atom is 0.287 e. The minimum absolute atomic E-state index is 0.186. The Balaban J connectivity index is 2.04. The van der Waals surface area contributed by atoms with E-state index in [1.807, 2.05) is 37.4 Å². The molecule has 1 atom stereocenters. The molecule has 0 spiro atoms. The van der Waals surface area contributed by atoms with Gasteiger partial charge in [0.25, 0.3) is 5.91 Å². The summed E-state index contributed by atoms with van der Waals surface area (Å²) >= 11 is 0. The van der Waals surface area contributed by atoms with Crippen LogP contribution >= 0.6 is 0 Å². The fourth-order valence-electron chi connectivity index (χ4n) is 2.13. The van der Waals surface area contributed by atoms with E-state index in [0.717, 1.165) is 5.56 Å². The first-order valence-corrected chi connectivity index (χ1v) is 7.51. The first-order chi connectivity index (χ1) is 11.2. The Kier molecular flexibility index (Phi) is 6.38. The Morgan fingerprint density at radius 3 is 2.52 bits per heavy atom. The van der Waals surface area contributed by atoms with Crippen molar-refractivity contribution in [3.05, 3.63) is 60.1 Å². The Labute approximate surface area is 135 Å². The van der Waals surface area contributed by atoms with E-state index >= 15 is 0 Å². The van der Waals surface area contributed by atoms with Gasteiger partial charge in [-0.3, -0.25) is 9.59 Å². The Morgan fingerprint density at radius 2 is 1.87 bits per heavy atom. The van der Waals surface area contributed by atoms with E-state index in [-0.39, 0.29) is 11.7 Å². The lowest BCUT2D eigenvalue weighted by Gasteiger charge is -2.18. The van der Waals surface area contributed by atoms with E-state index in [9.17, 15) is 9.59 Å². The van der Waals surface area contributed by atoms with E-state index in [2.05, 4.69) is 16.0 Å². The Hall–Kier alpha value is -2.60. The molecule has 0 bridgehead atoms. The van der Waals surface area contributed by atoms with Crippen LogP contribution in [0.1, 0.15) is 16.1 Å². The molecule has 0 fully saturated rings. The number of hydrogen-bond donors (Lipinski definition) is 3. The lowest BCUT2D eigenvalue weighted by molar-refractivity contribution is -0.122. The van der Waals surface area contributed by atoms with Gasteiger partial charge in [0.1, 0.15) is 6.04 Å². The first-order valence-electron chi connectivity index (χ1n) is 7.51. The summed E-state index contributed by atoms with van der Waals surface area (Å²) in [5.41, 5.74) is 0.973. The molecule has 0 saturated heterocycles. The van der Waals surface area contributed by atoms with E-state index < -0.39 is 11.9 Å². The maximum atomic E-state index is 12.3. The fraction of sp³-hybridized carbons (Fsp3) is 0.294. The third-order valence-corrected chi connectivity index (χ3v) is 3.32. The highest BCUT2D eigenvalue weighted by Gasteiger charge is 2.22. The summed E-state index contributed by atoms with van der Waals surface area (Å²) in [5, 5.41) is 8.50. The summed E-state index contributed by atoms with van der Waals surface area (Å²) in [6.07, 6.45) is 1.84. The molecule has 1 heterocycles. The van der Waals surface area contributed by atoms with Gasteiger partial charge >= 0.3 is 0 Å². The third kappa shape index (κ3) is 5.27. The minimum atomic E-state index is -0.660. The number of amides is 2. The van der Waals surface area contributed by atoms with Crippen LogP contribution in [0.15, 0.2) is 53.1 Å². The predicted octanol–water partition coefficient (Wildman–Crippen LogP) is 0.956. The third-order valence-electron chi connectivity index (χ3n) is 3.32. The standard InChI is InChI=1S/C17H21N3O3/c1-18-9-10-19-16(21)14(12-13-6-3-2-4-7-13)20-17(22)15-8-5-11-23-15/h2-8,11,14,18H,9-10,12H2,1H3,(H,19,21)(H,20,22). The number of benzene rings is 1. The number of carbonyl (C=O) groups is 2. The number of carbonyl (C=O) groups excluding carboxylic acids is 2. The number of hydrogen-bond acceptors (Lipinski definition) is 4. The second kappa shape index (κ2) is 8.75. The van der Waals surface area contributed by atoms with Crippen LogP contribution in [0, 0.1) is 0 Å². The van der Waals surface area contributed by atoms with Gasteiger partial charge < -0.3 is 20.4 Å². The first kappa shape index (κ1) is 16.8. The summed E-state index contributed by atoms with van der Waals surface area (Å²) in [6.45, 7) is 1.16. The second-order valence-corrected chi connectivity index (χ2v) is 5.09. The zero-order chi connectivity index (χ0) is 16.5. The van der Waals surface area contributed by atoms with Gasteiger partial charge in [-0.05, 0) is 24.7 Å². The van der Waals surface area contributed by atoms with Gasteiger partial charge in [0, 0.05) is 19.5 Å². The zero-order valence-corrected chi connectivity index (χ0v) is 13.0. The molecule has 0 aliphatic heterocycles. The van der Waals surface area contributed by atoms with Crippen LogP contribution in [-0.4, -0.2) is 38.0 Å². The summed E-state index contributed by atoms with van der Waals surface area (Å²) in [4.78, 5) is 24.5. The number of rotatable bonds is 8. The molecular weight excluding hydrogens is 294 g/mol. The smallest absolute Gasteiger partial charge is 0.287 e. The molecule has 23 heavy (non-hydrogen) atoms. The molecule has 0 radical (unpaired) electrons. The van der Waals surface area contributed by atoms with Crippen LogP contribution in [0.2, 0.25) is 0 Å². The number of furan rings is 1. The van der Waals surface area contributed by atoms with Crippen LogP contribution in [-0.2, 0) is 11.2 Å². The van der Waals surface area contributed by atoms with Crippen molar-refractivity contribution in [3.8, 4) is 0 Å². The van der Waals surface area contributed by atoms with Crippen molar-refractivity contribution >= 4 is 11.8 Å². The molecule has 1 unspecified atom stereocenters. The van der Waals surface area contributed by atoms with Gasteiger partial charge in [-0.15, -0.1) is 0 Å². The van der Waals surface area contributed by atoms with Crippen LogP contribution in [0.3, 0.4) is 0 Å². The van der Waals surface area contributed by atoms with Crippen molar-refractivity contribution in [1.29, 1.82) is 0 Å². The van der Waals surface area contributed by atoms with E-state index in [1.165, 1.54) is 6.26 Å². The molecule has 6 nitrogen and oxygen atoms in total. The van der Waals surface area contributed by atoms with Crippen molar-refractivity contribution in [2.75, 3.05) is 20.1 Å². The van der Waals surface area contributed by atoms with Crippen molar-refractivity contribution in [2.45, 2.75) is 12.5 Å². The van der Waals surface area contributed by atoms with Crippen LogP contribution in [0.5, 0.6) is 0 Å². The largest absolute Gasteiger partial charge is 0.459 e. The molecular formula is C17H21N3O3. The molecule has 6 heteroatoms. The molecule has 0 aliphatic rings. The lowest BCUT2D eigenvalue weighted by atomic mass is 10.1. The van der Waals surface area contributed by atoms with Crippen molar-refractivity contribution in [3.63, 3.8) is 0 Å². The fourth-order valence-corrected chi connectivity index (χ4v) is 2.13. The highest BCUT2D eigenvalue weighted by atomic mass is 16.3. The average Bonchev–Trinajstić information content (AvgIpc) is 3.10. The number of nitrogens with one attached hydrogen (secondary N) is 3. The van der Waals surface area contributed by atoms with Gasteiger partial charge in [0.15, 0.2) is 5.76 Å². The van der Waals surface area contributed by atoms with Crippen molar-refractivity contribution < 1.29 is 14.0 Å². The maximum absolute atomic E-state index is 12.3. The topological polar surface area (TPSA) is 83.4 Å². The molecule has 2 aromatic rings. The molecule has 0 saturated carbocycles. The Morgan fingerprint density at radius 1 is 1.09 bits per heavy atom. The highest BCUT2D eigenvalue weighted by Crippen LogP contribution is 2.06. The van der Waals surface area contributed by atoms with E-state index in [1.54, 1.807) is 12.1 Å². The quantitative estimate of drug-likeness (QED) is 0.634. The predicted molar refractivity (Wildman–Crippen MR) is 87.0 cm³/mol.